The highest BCUT2D eigenvalue weighted by Gasteiger charge is 2.70. The van der Waals surface area contributed by atoms with Crippen LogP contribution in [0.5, 0.6) is 0 Å². The number of aliphatic hydroxyl groups is 1. The van der Waals surface area contributed by atoms with Crippen LogP contribution in [0.15, 0.2) is 0 Å². The topological polar surface area (TPSA) is 105 Å². The zero-order valence-electron chi connectivity index (χ0n) is 11.9. The molecule has 3 aliphatic heterocycles. The van der Waals surface area contributed by atoms with E-state index in [1.807, 2.05) is 14.1 Å². The van der Waals surface area contributed by atoms with Gasteiger partial charge in [0.05, 0.1) is 6.10 Å². The molecular weight excluding hydrogens is 312 g/mol. The highest BCUT2D eigenvalue weighted by molar-refractivity contribution is 7.05. The molecule has 22 heavy (non-hydrogen) atoms. The molecule has 1 aromatic rings. The third-order valence-corrected chi connectivity index (χ3v) is 5.12. The largest absolute Gasteiger partial charge is 0.421 e. The van der Waals surface area contributed by atoms with Crippen LogP contribution < -0.4 is 4.90 Å². The Kier molecular flexibility index (Phi) is 2.75. The molecule has 4 atom stereocenters. The summed E-state index contributed by atoms with van der Waals surface area (Å²) in [4.78, 5) is 31.0. The first-order valence-electron chi connectivity index (χ1n) is 6.83. The number of ether oxygens (including phenoxy) is 2. The molecule has 0 saturated carbocycles. The lowest BCUT2D eigenvalue weighted by Crippen LogP contribution is -2.54. The minimum atomic E-state index is -1.48. The predicted molar refractivity (Wildman–Crippen MR) is 73.0 cm³/mol. The van der Waals surface area contributed by atoms with Crippen LogP contribution in [0.1, 0.15) is 10.9 Å². The smallest absolute Gasteiger partial charge is 0.399 e. The number of carbonyl (C=O) groups is 2. The van der Waals surface area contributed by atoms with E-state index in [1.165, 1.54) is 0 Å². The second-order valence-corrected chi connectivity index (χ2v) is 6.63. The molecular formula is C12H14N4O5S. The van der Waals surface area contributed by atoms with Crippen molar-refractivity contribution < 1.29 is 24.2 Å². The van der Waals surface area contributed by atoms with Crippen LogP contribution in [0.25, 0.3) is 0 Å². The average Bonchev–Trinajstić information content (AvgIpc) is 3.16. The van der Waals surface area contributed by atoms with Crippen LogP contribution in [0.4, 0.5) is 5.95 Å². The van der Waals surface area contributed by atoms with Gasteiger partial charge < -0.3 is 19.5 Å². The van der Waals surface area contributed by atoms with E-state index in [2.05, 4.69) is 9.36 Å². The van der Waals surface area contributed by atoms with Crippen LogP contribution >= 0.6 is 11.5 Å². The van der Waals surface area contributed by atoms with Gasteiger partial charge in [0.1, 0.15) is 10.9 Å². The van der Waals surface area contributed by atoms with Crippen LogP contribution in [-0.4, -0.2) is 70.5 Å². The van der Waals surface area contributed by atoms with Gasteiger partial charge in [-0.15, -0.1) is 0 Å². The summed E-state index contributed by atoms with van der Waals surface area (Å²) >= 11 is 1.16. The lowest BCUT2D eigenvalue weighted by atomic mass is 9.88. The molecule has 0 aromatic carbocycles. The Hall–Kier alpha value is -1.78. The standard InChI is InChI=1S/C12H14N4O5S/c1-15(2)11-13-8(22-14-11)7-5-3-16(4-6(5)17)12(7)20-9(18)10(19)21-12/h5-7,17H,3-4H2,1-2H3. The molecule has 0 aliphatic carbocycles. The number of hydrogen-bond acceptors (Lipinski definition) is 10. The van der Waals surface area contributed by atoms with E-state index in [0.717, 1.165) is 11.5 Å². The average molecular weight is 326 g/mol. The Balaban J connectivity index is 1.77. The van der Waals surface area contributed by atoms with Crippen molar-refractivity contribution in [2.75, 3.05) is 32.1 Å². The lowest BCUT2D eigenvalue weighted by Gasteiger charge is -2.38. The fourth-order valence-electron chi connectivity index (χ4n) is 3.36. The molecule has 3 saturated heterocycles. The van der Waals surface area contributed by atoms with Crippen molar-refractivity contribution >= 4 is 29.4 Å². The lowest BCUT2D eigenvalue weighted by molar-refractivity contribution is -0.255. The van der Waals surface area contributed by atoms with E-state index in [-0.39, 0.29) is 5.92 Å². The van der Waals surface area contributed by atoms with Crippen LogP contribution in [0.2, 0.25) is 0 Å². The summed E-state index contributed by atoms with van der Waals surface area (Å²) < 4.78 is 14.8. The number of aromatic nitrogens is 2. The highest BCUT2D eigenvalue weighted by atomic mass is 32.1. The second kappa shape index (κ2) is 4.37. The normalized spacial score (nSPS) is 35.0. The monoisotopic (exact) mass is 326 g/mol. The van der Waals surface area contributed by atoms with E-state index in [0.29, 0.717) is 24.0 Å². The number of aliphatic hydroxyl groups excluding tert-OH is 1. The zero-order valence-corrected chi connectivity index (χ0v) is 12.7. The van der Waals surface area contributed by atoms with Crippen molar-refractivity contribution in [1.82, 2.24) is 14.3 Å². The fraction of sp³-hybridized carbons (Fsp3) is 0.667. The molecule has 3 fully saturated rings. The third kappa shape index (κ3) is 1.65. The number of carbonyl (C=O) groups excluding carboxylic acids is 2. The number of esters is 2. The van der Waals surface area contributed by atoms with Crippen molar-refractivity contribution in [2.45, 2.75) is 17.9 Å². The summed E-state index contributed by atoms with van der Waals surface area (Å²) in [5, 5.41) is 10.7. The summed E-state index contributed by atoms with van der Waals surface area (Å²) in [7, 11) is 3.63. The van der Waals surface area contributed by atoms with Gasteiger partial charge in [-0.3, -0.25) is 0 Å². The zero-order chi connectivity index (χ0) is 15.6. The molecule has 4 unspecified atom stereocenters. The summed E-state index contributed by atoms with van der Waals surface area (Å²) in [6.45, 7) is 0.768. The van der Waals surface area contributed by atoms with E-state index in [4.69, 9.17) is 9.47 Å². The van der Waals surface area contributed by atoms with Crippen LogP contribution in [0, 0.1) is 5.92 Å². The molecule has 1 spiro atoms. The van der Waals surface area contributed by atoms with Gasteiger partial charge in [0.15, 0.2) is 0 Å². The molecule has 2 bridgehead atoms. The predicted octanol–water partition coefficient (Wildman–Crippen LogP) is -1.25. The van der Waals surface area contributed by atoms with Crippen molar-refractivity contribution in [2.24, 2.45) is 5.92 Å². The molecule has 4 rings (SSSR count). The summed E-state index contributed by atoms with van der Waals surface area (Å²) in [6, 6.07) is 0. The molecule has 1 aromatic heterocycles. The number of piperidine rings is 1. The van der Waals surface area contributed by atoms with E-state index < -0.39 is 29.9 Å². The van der Waals surface area contributed by atoms with Gasteiger partial charge in [-0.2, -0.15) is 4.37 Å². The van der Waals surface area contributed by atoms with Gasteiger partial charge in [-0.05, 0) is 11.5 Å². The summed E-state index contributed by atoms with van der Waals surface area (Å²) in [5.74, 6) is -3.73. The molecule has 9 nitrogen and oxygen atoms in total. The van der Waals surface area contributed by atoms with Gasteiger partial charge in [0.25, 0.3) is 0 Å². The number of hydrogen-bond donors (Lipinski definition) is 1. The molecule has 1 N–H and O–H groups in total. The minimum absolute atomic E-state index is 0.221. The van der Waals surface area contributed by atoms with Crippen molar-refractivity contribution in [3.8, 4) is 0 Å². The van der Waals surface area contributed by atoms with Gasteiger partial charge in [-0.25, -0.2) is 19.5 Å². The molecule has 10 heteroatoms. The second-order valence-electron chi connectivity index (χ2n) is 5.85. The Morgan fingerprint density at radius 3 is 2.59 bits per heavy atom. The SMILES string of the molecule is CN(C)c1nsc(C2C3CN(CC3O)C23OC(=O)C(=O)O3)n1. The van der Waals surface area contributed by atoms with Gasteiger partial charge in [0, 0.05) is 33.1 Å². The highest BCUT2D eigenvalue weighted by Crippen LogP contribution is 2.54. The Morgan fingerprint density at radius 1 is 1.32 bits per heavy atom. The number of fused-ring (bicyclic) bond motifs is 3. The first kappa shape index (κ1) is 13.9. The first-order valence-corrected chi connectivity index (χ1v) is 7.60. The minimum Gasteiger partial charge on any atom is -0.399 e. The third-order valence-electron chi connectivity index (χ3n) is 4.34. The van der Waals surface area contributed by atoms with Crippen molar-refractivity contribution in [3.05, 3.63) is 5.01 Å². The number of rotatable bonds is 2. The summed E-state index contributed by atoms with van der Waals surface area (Å²) in [6.07, 6.45) is -0.583. The van der Waals surface area contributed by atoms with Crippen molar-refractivity contribution in [1.29, 1.82) is 0 Å². The maximum atomic E-state index is 11.6. The number of anilines is 1. The van der Waals surface area contributed by atoms with Crippen LogP contribution in [-0.2, 0) is 19.1 Å². The van der Waals surface area contributed by atoms with Gasteiger partial charge in [0.2, 0.25) is 5.95 Å². The maximum Gasteiger partial charge on any atom is 0.421 e. The molecule has 0 amide bonds. The fourth-order valence-corrected chi connectivity index (χ4v) is 4.30. The van der Waals surface area contributed by atoms with Crippen LogP contribution in [0.3, 0.4) is 0 Å². The Bertz CT molecular complexity index is 646. The van der Waals surface area contributed by atoms with E-state index >= 15 is 0 Å². The first-order chi connectivity index (χ1) is 10.4. The van der Waals surface area contributed by atoms with E-state index in [9.17, 15) is 14.7 Å². The number of nitrogens with zero attached hydrogens (tertiary/aromatic N) is 4. The summed E-state index contributed by atoms with van der Waals surface area (Å²) in [5.41, 5.74) is 0. The maximum absolute atomic E-state index is 11.6. The Labute approximate surface area is 129 Å². The molecule has 0 radical (unpaired) electrons. The quantitative estimate of drug-likeness (QED) is 0.527. The van der Waals surface area contributed by atoms with Crippen molar-refractivity contribution in [3.63, 3.8) is 0 Å². The van der Waals surface area contributed by atoms with Gasteiger partial charge in [-0.1, -0.05) is 0 Å². The molecule has 118 valence electrons. The van der Waals surface area contributed by atoms with E-state index in [1.54, 1.807) is 9.80 Å². The molecule has 3 aliphatic rings. The molecule has 4 heterocycles. The Morgan fingerprint density at radius 2 is 2.00 bits per heavy atom. The van der Waals surface area contributed by atoms with Gasteiger partial charge >= 0.3 is 17.8 Å².